The highest BCUT2D eigenvalue weighted by molar-refractivity contribution is 5.96. The maximum atomic E-state index is 12.6. The lowest BCUT2D eigenvalue weighted by Gasteiger charge is -2.25. The maximum absolute atomic E-state index is 12.6. The Labute approximate surface area is 165 Å². The molecule has 7 heteroatoms. The molecule has 1 unspecified atom stereocenters. The second-order valence-corrected chi connectivity index (χ2v) is 6.39. The number of benzene rings is 2. The minimum atomic E-state index is -0.550. The van der Waals surface area contributed by atoms with Crippen LogP contribution >= 0.6 is 0 Å². The molecule has 0 spiro atoms. The molecule has 0 aliphatic carbocycles. The highest BCUT2D eigenvalue weighted by Gasteiger charge is 2.17. The molecule has 7 nitrogen and oxygen atoms in total. The van der Waals surface area contributed by atoms with Gasteiger partial charge in [-0.15, -0.1) is 0 Å². The number of nitrogens with one attached hydrogen (secondary N) is 2. The number of methoxy groups -OCH3 is 1. The van der Waals surface area contributed by atoms with Crippen LogP contribution in [-0.4, -0.2) is 51.3 Å². The largest absolute Gasteiger partial charge is 0.497 e. The highest BCUT2D eigenvalue weighted by atomic mass is 16.5. The van der Waals surface area contributed by atoms with Crippen molar-refractivity contribution in [2.45, 2.75) is 13.0 Å². The van der Waals surface area contributed by atoms with E-state index in [1.807, 2.05) is 43.3 Å². The van der Waals surface area contributed by atoms with Crippen LogP contribution in [0.25, 0.3) is 0 Å². The van der Waals surface area contributed by atoms with Crippen molar-refractivity contribution in [1.29, 1.82) is 0 Å². The zero-order valence-corrected chi connectivity index (χ0v) is 16.7. The van der Waals surface area contributed by atoms with Crippen molar-refractivity contribution in [2.75, 3.05) is 39.7 Å². The Kier molecular flexibility index (Phi) is 7.83. The first-order valence-corrected chi connectivity index (χ1v) is 9.07. The second-order valence-electron chi connectivity index (χ2n) is 6.39. The third kappa shape index (κ3) is 5.99. The van der Waals surface area contributed by atoms with E-state index in [0.717, 1.165) is 11.3 Å². The van der Waals surface area contributed by atoms with Crippen LogP contribution in [0.2, 0.25) is 0 Å². The van der Waals surface area contributed by atoms with Gasteiger partial charge in [0, 0.05) is 17.8 Å². The van der Waals surface area contributed by atoms with E-state index >= 15 is 0 Å². The summed E-state index contributed by atoms with van der Waals surface area (Å²) in [6.45, 7) is 2.43. The van der Waals surface area contributed by atoms with Gasteiger partial charge >= 0.3 is 6.09 Å². The van der Waals surface area contributed by atoms with Crippen molar-refractivity contribution < 1.29 is 19.1 Å². The normalized spacial score (nSPS) is 11.6. The van der Waals surface area contributed by atoms with Crippen molar-refractivity contribution in [2.24, 2.45) is 0 Å². The first-order valence-electron chi connectivity index (χ1n) is 9.07. The van der Waals surface area contributed by atoms with Gasteiger partial charge in [-0.05, 0) is 56.9 Å². The third-order valence-corrected chi connectivity index (χ3v) is 4.20. The Bertz CT molecular complexity index is 808. The molecule has 0 saturated heterocycles. The van der Waals surface area contributed by atoms with Gasteiger partial charge in [-0.25, -0.2) is 4.79 Å². The number of ether oxygens (including phenoxy) is 2. The molecule has 2 amide bonds. The Morgan fingerprint density at radius 2 is 1.86 bits per heavy atom. The number of anilines is 1. The highest BCUT2D eigenvalue weighted by Crippen LogP contribution is 2.22. The molecule has 2 aromatic rings. The molecule has 2 rings (SSSR count). The number of hydrogen-bond acceptors (Lipinski definition) is 5. The second kappa shape index (κ2) is 10.3. The van der Waals surface area contributed by atoms with Crippen LogP contribution in [0.1, 0.15) is 28.9 Å². The molecule has 0 fully saturated rings. The molecule has 28 heavy (non-hydrogen) atoms. The minimum absolute atomic E-state index is 0.0140. The van der Waals surface area contributed by atoms with Gasteiger partial charge in [-0.3, -0.25) is 10.1 Å². The summed E-state index contributed by atoms with van der Waals surface area (Å²) in [7, 11) is 5.54. The van der Waals surface area contributed by atoms with Crippen molar-refractivity contribution in [1.82, 2.24) is 10.2 Å². The molecule has 0 aliphatic heterocycles. The Morgan fingerprint density at radius 1 is 1.11 bits per heavy atom. The molecule has 0 saturated carbocycles. The zero-order chi connectivity index (χ0) is 20.5. The molecule has 0 radical (unpaired) electrons. The van der Waals surface area contributed by atoms with Gasteiger partial charge in [-0.2, -0.15) is 0 Å². The van der Waals surface area contributed by atoms with E-state index < -0.39 is 6.09 Å². The molecule has 2 N–H and O–H groups in total. The summed E-state index contributed by atoms with van der Waals surface area (Å²) < 4.78 is 10.1. The van der Waals surface area contributed by atoms with Crippen LogP contribution in [0.3, 0.4) is 0 Å². The molecule has 0 heterocycles. The van der Waals surface area contributed by atoms with E-state index in [0.29, 0.717) is 17.8 Å². The molecule has 2 aromatic carbocycles. The van der Waals surface area contributed by atoms with Crippen LogP contribution < -0.4 is 15.4 Å². The predicted octanol–water partition coefficient (Wildman–Crippen LogP) is 3.30. The van der Waals surface area contributed by atoms with E-state index in [1.54, 1.807) is 38.3 Å². The molecule has 150 valence electrons. The summed E-state index contributed by atoms with van der Waals surface area (Å²) in [5.74, 6) is 0.552. The fraction of sp³-hybridized carbons (Fsp3) is 0.333. The van der Waals surface area contributed by atoms with Crippen molar-refractivity contribution in [3.05, 3.63) is 59.7 Å². The average molecular weight is 385 g/mol. The van der Waals surface area contributed by atoms with Gasteiger partial charge in [0.25, 0.3) is 5.91 Å². The molecule has 0 aliphatic rings. The van der Waals surface area contributed by atoms with Gasteiger partial charge in [0.2, 0.25) is 0 Å². The van der Waals surface area contributed by atoms with Gasteiger partial charge in [0.05, 0.1) is 19.8 Å². The number of carbonyl (C=O) groups is 2. The van der Waals surface area contributed by atoms with Gasteiger partial charge in [0.15, 0.2) is 0 Å². The summed E-state index contributed by atoms with van der Waals surface area (Å²) in [6, 6.07) is 14.5. The molecular weight excluding hydrogens is 358 g/mol. The van der Waals surface area contributed by atoms with Gasteiger partial charge in [0.1, 0.15) is 5.75 Å². The van der Waals surface area contributed by atoms with Crippen molar-refractivity contribution in [3.8, 4) is 5.75 Å². The minimum Gasteiger partial charge on any atom is -0.497 e. The van der Waals surface area contributed by atoms with Gasteiger partial charge < -0.3 is 19.7 Å². The van der Waals surface area contributed by atoms with E-state index in [4.69, 9.17) is 9.47 Å². The maximum Gasteiger partial charge on any atom is 0.411 e. The first kappa shape index (κ1) is 21.2. The van der Waals surface area contributed by atoms with Gasteiger partial charge in [-0.1, -0.05) is 18.2 Å². The van der Waals surface area contributed by atoms with E-state index in [2.05, 4.69) is 10.6 Å². The van der Waals surface area contributed by atoms with Crippen LogP contribution in [0.4, 0.5) is 10.5 Å². The fourth-order valence-corrected chi connectivity index (χ4v) is 2.76. The fourth-order valence-electron chi connectivity index (χ4n) is 2.76. The molecule has 0 bridgehead atoms. The Morgan fingerprint density at radius 3 is 2.54 bits per heavy atom. The van der Waals surface area contributed by atoms with E-state index in [-0.39, 0.29) is 18.6 Å². The van der Waals surface area contributed by atoms with Crippen LogP contribution in [0, 0.1) is 0 Å². The summed E-state index contributed by atoms with van der Waals surface area (Å²) in [6.07, 6.45) is -0.550. The number of amides is 2. The van der Waals surface area contributed by atoms with Crippen LogP contribution in [-0.2, 0) is 4.74 Å². The van der Waals surface area contributed by atoms with Crippen LogP contribution in [0.5, 0.6) is 5.75 Å². The number of rotatable bonds is 8. The summed E-state index contributed by atoms with van der Waals surface area (Å²) in [5, 5.41) is 5.55. The number of carbonyl (C=O) groups excluding carboxylic acids is 2. The smallest absolute Gasteiger partial charge is 0.411 e. The molecular formula is C21H27N3O4. The lowest BCUT2D eigenvalue weighted by molar-refractivity contribution is 0.0941. The lowest BCUT2D eigenvalue weighted by Crippen LogP contribution is -2.34. The lowest BCUT2D eigenvalue weighted by atomic mass is 10.1. The average Bonchev–Trinajstić information content (AvgIpc) is 2.68. The Balaban J connectivity index is 2.05. The Hall–Kier alpha value is -3.06. The third-order valence-electron chi connectivity index (χ3n) is 4.20. The number of likely N-dealkylation sites (N-methyl/N-ethyl adjacent to an activating group) is 1. The topological polar surface area (TPSA) is 79.9 Å². The SMILES string of the molecule is CCOC(=O)Nc1cccc(C(=O)NCC(c2cccc(OC)c2)N(C)C)c1. The van der Waals surface area contributed by atoms with E-state index in [1.165, 1.54) is 0 Å². The van der Waals surface area contributed by atoms with E-state index in [9.17, 15) is 9.59 Å². The molecule has 0 aromatic heterocycles. The number of nitrogens with zero attached hydrogens (tertiary/aromatic N) is 1. The first-order chi connectivity index (χ1) is 13.4. The monoisotopic (exact) mass is 385 g/mol. The van der Waals surface area contributed by atoms with Crippen molar-refractivity contribution in [3.63, 3.8) is 0 Å². The predicted molar refractivity (Wildman–Crippen MR) is 109 cm³/mol. The zero-order valence-electron chi connectivity index (χ0n) is 16.7. The number of hydrogen-bond donors (Lipinski definition) is 2. The quantitative estimate of drug-likeness (QED) is 0.729. The summed E-state index contributed by atoms with van der Waals surface area (Å²) in [5.41, 5.74) is 2.00. The standard InChI is InChI=1S/C21H27N3O4/c1-5-28-21(26)23-17-10-6-9-16(12-17)20(25)22-14-19(24(2)3)15-8-7-11-18(13-15)27-4/h6-13,19H,5,14H2,1-4H3,(H,22,25)(H,23,26). The van der Waals surface area contributed by atoms with Crippen molar-refractivity contribution >= 4 is 17.7 Å². The summed E-state index contributed by atoms with van der Waals surface area (Å²) in [4.78, 5) is 26.2. The summed E-state index contributed by atoms with van der Waals surface area (Å²) >= 11 is 0. The van der Waals surface area contributed by atoms with Crippen LogP contribution in [0.15, 0.2) is 48.5 Å². The molecule has 1 atom stereocenters.